The summed E-state index contributed by atoms with van der Waals surface area (Å²) in [5.41, 5.74) is 10.6. The highest BCUT2D eigenvalue weighted by atomic mass is 35.5. The third-order valence-corrected chi connectivity index (χ3v) is 6.91. The first-order valence-electron chi connectivity index (χ1n) is 11.1. The number of hydrogen-bond acceptors (Lipinski definition) is 4. The Morgan fingerprint density at radius 1 is 1.06 bits per heavy atom. The Bertz CT molecular complexity index is 1680. The Balaban J connectivity index is 1.74. The molecule has 0 radical (unpaired) electrons. The summed E-state index contributed by atoms with van der Waals surface area (Å²) in [6.07, 6.45) is 1.95. The largest absolute Gasteiger partial charge is 0.342 e. The molecule has 0 aliphatic rings. The van der Waals surface area contributed by atoms with Gasteiger partial charge in [0.25, 0.3) is 5.56 Å². The topological polar surface area (TPSA) is 89.6 Å². The molecule has 2 N–H and O–H groups in total. The fourth-order valence-corrected chi connectivity index (χ4v) is 4.68. The Morgan fingerprint density at radius 3 is 2.49 bits per heavy atom. The molecular formula is C27H21Cl2N5O. The summed E-state index contributed by atoms with van der Waals surface area (Å²) in [6.45, 7) is 2.75. The molecule has 0 saturated carbocycles. The van der Waals surface area contributed by atoms with Crippen LogP contribution in [-0.4, -0.2) is 20.7 Å². The molecule has 1 atom stereocenters. The molecule has 5 aromatic rings. The molecular weight excluding hydrogens is 481 g/mol. The van der Waals surface area contributed by atoms with Gasteiger partial charge in [0.05, 0.1) is 32.7 Å². The summed E-state index contributed by atoms with van der Waals surface area (Å²) in [5, 5.41) is 10.7. The summed E-state index contributed by atoms with van der Waals surface area (Å²) in [4.78, 5) is 18.5. The number of aromatic nitrogens is 3. The average molecular weight is 502 g/mol. The van der Waals surface area contributed by atoms with Crippen LogP contribution in [0.1, 0.15) is 24.1 Å². The molecule has 0 aliphatic heterocycles. The zero-order chi connectivity index (χ0) is 24.7. The van der Waals surface area contributed by atoms with Crippen LogP contribution in [0, 0.1) is 11.3 Å². The molecule has 0 fully saturated rings. The van der Waals surface area contributed by atoms with Gasteiger partial charge in [-0.3, -0.25) is 4.79 Å². The van der Waals surface area contributed by atoms with Gasteiger partial charge in [-0.05, 0) is 42.8 Å². The number of nitrogens with two attached hydrogens (primary N) is 1. The van der Waals surface area contributed by atoms with Gasteiger partial charge in [0.1, 0.15) is 5.69 Å². The number of halogens is 2. The molecule has 3 aromatic carbocycles. The van der Waals surface area contributed by atoms with Crippen molar-refractivity contribution < 1.29 is 0 Å². The van der Waals surface area contributed by atoms with Gasteiger partial charge >= 0.3 is 0 Å². The van der Waals surface area contributed by atoms with Crippen LogP contribution in [-0.2, 0) is 6.54 Å². The number of fused-ring (bicyclic) bond motifs is 2. The summed E-state index contributed by atoms with van der Waals surface area (Å²) in [5.74, 6) is 0. The van der Waals surface area contributed by atoms with E-state index in [2.05, 4.69) is 10.6 Å². The first-order chi connectivity index (χ1) is 16.9. The van der Waals surface area contributed by atoms with Crippen molar-refractivity contribution in [1.82, 2.24) is 14.1 Å². The van der Waals surface area contributed by atoms with Crippen LogP contribution in [0.25, 0.3) is 33.2 Å². The highest BCUT2D eigenvalue weighted by Crippen LogP contribution is 2.32. The lowest BCUT2D eigenvalue weighted by Crippen LogP contribution is -2.30. The van der Waals surface area contributed by atoms with E-state index in [0.29, 0.717) is 38.9 Å². The van der Waals surface area contributed by atoms with E-state index >= 15 is 0 Å². The van der Waals surface area contributed by atoms with Crippen molar-refractivity contribution in [3.8, 4) is 17.3 Å². The number of rotatable bonds is 5. The minimum Gasteiger partial charge on any atom is -0.342 e. The van der Waals surface area contributed by atoms with E-state index in [4.69, 9.17) is 39.2 Å². The molecule has 0 amide bonds. The zero-order valence-electron chi connectivity index (χ0n) is 18.9. The van der Waals surface area contributed by atoms with E-state index in [1.165, 1.54) is 0 Å². The number of para-hydroxylation sites is 1. The minimum absolute atomic E-state index is 0.241. The number of nitriles is 1. The molecule has 0 bridgehead atoms. The lowest BCUT2D eigenvalue weighted by molar-refractivity contribution is 0.558. The highest BCUT2D eigenvalue weighted by Gasteiger charge is 2.21. The van der Waals surface area contributed by atoms with Crippen LogP contribution in [0.4, 0.5) is 0 Å². The number of nitrogens with zero attached hydrogens (tertiary/aromatic N) is 4. The Hall–Kier alpha value is -3.63. The second-order valence-corrected chi connectivity index (χ2v) is 9.29. The molecule has 174 valence electrons. The summed E-state index contributed by atoms with van der Waals surface area (Å²) in [6, 6.07) is 20.6. The number of hydrogen-bond donors (Lipinski definition) is 1. The molecule has 0 saturated heterocycles. The van der Waals surface area contributed by atoms with Crippen LogP contribution in [0.5, 0.6) is 0 Å². The predicted molar refractivity (Wildman–Crippen MR) is 141 cm³/mol. The highest BCUT2D eigenvalue weighted by molar-refractivity contribution is 6.42. The minimum atomic E-state index is -0.268. The third-order valence-electron chi connectivity index (χ3n) is 6.19. The molecule has 8 heteroatoms. The molecule has 2 heterocycles. The van der Waals surface area contributed by atoms with Crippen molar-refractivity contribution in [2.45, 2.75) is 19.5 Å². The second-order valence-electron chi connectivity index (χ2n) is 8.47. The standard InChI is InChI=1S/C27H21Cl2N5O/c1-16(12-30)34-25-11-22(29)21(28)10-23(25)32-26(27(34)35)20-15-33(24-5-3-2-4-19(20)24)14-18-8-6-17(13-31)7-9-18/h2-11,15-16H,12,14,30H2,1H3. The molecule has 0 aliphatic carbocycles. The smallest absolute Gasteiger partial charge is 0.277 e. The van der Waals surface area contributed by atoms with E-state index in [1.807, 2.05) is 49.5 Å². The fraction of sp³-hybridized carbons (Fsp3) is 0.148. The van der Waals surface area contributed by atoms with Gasteiger partial charge in [0, 0.05) is 41.8 Å². The second kappa shape index (κ2) is 9.20. The summed E-state index contributed by atoms with van der Waals surface area (Å²) < 4.78 is 3.73. The predicted octanol–water partition coefficient (Wildman–Crippen LogP) is 5.76. The number of benzene rings is 3. The van der Waals surface area contributed by atoms with Crippen LogP contribution in [0.15, 0.2) is 71.7 Å². The van der Waals surface area contributed by atoms with Gasteiger partial charge < -0.3 is 14.9 Å². The van der Waals surface area contributed by atoms with E-state index in [-0.39, 0.29) is 18.1 Å². The van der Waals surface area contributed by atoms with Gasteiger partial charge in [-0.25, -0.2) is 4.98 Å². The quantitative estimate of drug-likeness (QED) is 0.331. The van der Waals surface area contributed by atoms with Gasteiger partial charge in [-0.15, -0.1) is 0 Å². The van der Waals surface area contributed by atoms with Crippen molar-refractivity contribution in [2.24, 2.45) is 5.73 Å². The van der Waals surface area contributed by atoms with E-state index in [1.54, 1.807) is 28.8 Å². The molecule has 0 spiro atoms. The van der Waals surface area contributed by atoms with Gasteiger partial charge in [0.2, 0.25) is 0 Å². The Morgan fingerprint density at radius 2 is 1.77 bits per heavy atom. The fourth-order valence-electron chi connectivity index (χ4n) is 4.37. The SMILES string of the molecule is CC(CN)n1c(=O)c(-c2cn(Cc3ccc(C#N)cc3)c3ccccc23)nc2cc(Cl)c(Cl)cc21. The Labute approximate surface area is 211 Å². The maximum atomic E-state index is 13.8. The average Bonchev–Trinajstić information content (AvgIpc) is 3.23. The van der Waals surface area contributed by atoms with Crippen LogP contribution >= 0.6 is 23.2 Å². The maximum absolute atomic E-state index is 13.8. The molecule has 1 unspecified atom stereocenters. The summed E-state index contributed by atoms with van der Waals surface area (Å²) >= 11 is 12.6. The zero-order valence-corrected chi connectivity index (χ0v) is 20.4. The van der Waals surface area contributed by atoms with Crippen molar-refractivity contribution in [2.75, 3.05) is 6.54 Å². The Kier molecular flexibility index (Phi) is 6.08. The molecule has 6 nitrogen and oxygen atoms in total. The van der Waals surface area contributed by atoms with Gasteiger partial charge in [-0.1, -0.05) is 53.5 Å². The van der Waals surface area contributed by atoms with Crippen LogP contribution in [0.2, 0.25) is 10.0 Å². The van der Waals surface area contributed by atoms with Crippen molar-refractivity contribution >= 4 is 45.1 Å². The van der Waals surface area contributed by atoms with E-state index in [9.17, 15) is 4.79 Å². The molecule has 35 heavy (non-hydrogen) atoms. The lowest BCUT2D eigenvalue weighted by atomic mass is 10.1. The van der Waals surface area contributed by atoms with Gasteiger partial charge in [-0.2, -0.15) is 5.26 Å². The van der Waals surface area contributed by atoms with E-state index in [0.717, 1.165) is 22.0 Å². The monoisotopic (exact) mass is 501 g/mol. The first-order valence-corrected chi connectivity index (χ1v) is 11.9. The maximum Gasteiger partial charge on any atom is 0.277 e. The van der Waals surface area contributed by atoms with Crippen molar-refractivity contribution in [3.05, 3.63) is 98.4 Å². The van der Waals surface area contributed by atoms with Crippen molar-refractivity contribution in [1.29, 1.82) is 5.26 Å². The molecule has 5 rings (SSSR count). The molecule has 2 aromatic heterocycles. The third kappa shape index (κ3) is 4.08. The summed E-state index contributed by atoms with van der Waals surface area (Å²) in [7, 11) is 0. The normalized spacial score (nSPS) is 12.2. The van der Waals surface area contributed by atoms with E-state index < -0.39 is 0 Å². The van der Waals surface area contributed by atoms with Crippen LogP contribution in [0.3, 0.4) is 0 Å². The lowest BCUT2D eigenvalue weighted by Gasteiger charge is -2.18. The van der Waals surface area contributed by atoms with Gasteiger partial charge in [0.15, 0.2) is 0 Å². The van der Waals surface area contributed by atoms with Crippen molar-refractivity contribution in [3.63, 3.8) is 0 Å². The first kappa shape index (κ1) is 23.1. The van der Waals surface area contributed by atoms with Crippen LogP contribution < -0.4 is 11.3 Å².